The third-order valence-corrected chi connectivity index (χ3v) is 1.32. The van der Waals surface area contributed by atoms with E-state index in [2.05, 4.69) is 0 Å². The van der Waals surface area contributed by atoms with Crippen LogP contribution in [0.4, 0.5) is 0 Å². The Hall–Kier alpha value is -1.00. The van der Waals surface area contributed by atoms with Gasteiger partial charge in [-0.2, -0.15) is 0 Å². The van der Waals surface area contributed by atoms with Gasteiger partial charge < -0.3 is 19.7 Å². The van der Waals surface area contributed by atoms with E-state index in [0.29, 0.717) is 0 Å². The van der Waals surface area contributed by atoms with Gasteiger partial charge in [0.1, 0.15) is 13.2 Å². The molecule has 1 aliphatic heterocycles. The van der Waals surface area contributed by atoms with Gasteiger partial charge in [0, 0.05) is 0 Å². The van der Waals surface area contributed by atoms with Gasteiger partial charge >= 0.3 is 0 Å². The Morgan fingerprint density at radius 2 is 1.45 bits per heavy atom. The van der Waals surface area contributed by atoms with Crippen LogP contribution in [0.1, 0.15) is 0 Å². The maximum Gasteiger partial charge on any atom is 0.296 e. The lowest BCUT2D eigenvalue weighted by molar-refractivity contribution is -0.215. The first kappa shape index (κ1) is 8.10. The molecule has 4 nitrogen and oxygen atoms in total. The quantitative estimate of drug-likeness (QED) is 0.581. The van der Waals surface area contributed by atoms with Crippen molar-refractivity contribution in [2.45, 2.75) is 5.79 Å². The second kappa shape index (κ2) is 3.41. The summed E-state index contributed by atoms with van der Waals surface area (Å²) in [5, 5.41) is 17.6. The van der Waals surface area contributed by atoms with Crippen LogP contribution in [0.25, 0.3) is 0 Å². The van der Waals surface area contributed by atoms with E-state index in [1.807, 2.05) is 0 Å². The van der Waals surface area contributed by atoms with Crippen LogP contribution in [0.3, 0.4) is 0 Å². The Labute approximate surface area is 64.4 Å². The first-order chi connectivity index (χ1) is 5.33. The highest BCUT2D eigenvalue weighted by molar-refractivity contribution is 5.00. The number of ether oxygens (including phenoxy) is 2. The zero-order valence-corrected chi connectivity index (χ0v) is 5.93. The van der Waals surface area contributed by atoms with Crippen molar-refractivity contribution >= 4 is 0 Å². The van der Waals surface area contributed by atoms with Crippen molar-refractivity contribution in [2.75, 3.05) is 13.2 Å². The number of aliphatic hydroxyl groups excluding tert-OH is 2. The van der Waals surface area contributed by atoms with Crippen LogP contribution in [-0.4, -0.2) is 29.2 Å². The zero-order valence-electron chi connectivity index (χ0n) is 5.93. The van der Waals surface area contributed by atoms with E-state index in [1.54, 1.807) is 12.2 Å². The smallest absolute Gasteiger partial charge is 0.296 e. The van der Waals surface area contributed by atoms with E-state index in [0.717, 1.165) is 0 Å². The van der Waals surface area contributed by atoms with Gasteiger partial charge in [-0.05, 0) is 12.2 Å². The molecule has 0 unspecified atom stereocenters. The molecule has 0 amide bonds. The molecular formula is C7H10O4. The van der Waals surface area contributed by atoms with Crippen molar-refractivity contribution in [3.05, 3.63) is 24.7 Å². The largest absolute Gasteiger partial charge is 0.456 e. The van der Waals surface area contributed by atoms with Crippen molar-refractivity contribution in [2.24, 2.45) is 0 Å². The lowest BCUT2D eigenvalue weighted by Gasteiger charge is -2.26. The van der Waals surface area contributed by atoms with Gasteiger partial charge in [0.2, 0.25) is 0 Å². The standard InChI is InChI=1S/C7H10O4/c8-5-7(6-9)10-3-1-2-4-11-7/h1-4,8-9H,5-6H2. The summed E-state index contributed by atoms with van der Waals surface area (Å²) < 4.78 is 9.85. The van der Waals surface area contributed by atoms with Crippen LogP contribution >= 0.6 is 0 Å². The highest BCUT2D eigenvalue weighted by Crippen LogP contribution is 2.14. The Balaban J connectivity index is 2.67. The third-order valence-electron chi connectivity index (χ3n) is 1.32. The molecule has 0 bridgehead atoms. The predicted octanol–water partition coefficient (Wildman–Crippen LogP) is -0.259. The number of allylic oxidation sites excluding steroid dienone is 2. The summed E-state index contributed by atoms with van der Waals surface area (Å²) in [4.78, 5) is 0. The summed E-state index contributed by atoms with van der Waals surface area (Å²) in [5.41, 5.74) is 0. The highest BCUT2D eigenvalue weighted by Gasteiger charge is 2.31. The molecule has 0 radical (unpaired) electrons. The average Bonchev–Trinajstić information content (AvgIpc) is 2.30. The van der Waals surface area contributed by atoms with Crippen LogP contribution in [0.15, 0.2) is 24.7 Å². The van der Waals surface area contributed by atoms with E-state index in [-0.39, 0.29) is 0 Å². The Morgan fingerprint density at radius 3 is 1.82 bits per heavy atom. The normalized spacial score (nSPS) is 20.2. The Kier molecular flexibility index (Phi) is 2.51. The number of hydrogen-bond donors (Lipinski definition) is 2. The zero-order chi connectivity index (χ0) is 8.16. The fourth-order valence-corrected chi connectivity index (χ4v) is 0.644. The molecule has 2 N–H and O–H groups in total. The van der Waals surface area contributed by atoms with Gasteiger partial charge in [-0.25, -0.2) is 0 Å². The molecule has 0 aromatic heterocycles. The molecule has 0 aromatic rings. The SMILES string of the molecule is OCC1(CO)OC=CC=CO1. The Morgan fingerprint density at radius 1 is 1.00 bits per heavy atom. The van der Waals surface area contributed by atoms with Crippen LogP contribution in [-0.2, 0) is 9.47 Å². The van der Waals surface area contributed by atoms with Crippen LogP contribution in [0, 0.1) is 0 Å². The molecule has 62 valence electrons. The molecule has 1 heterocycles. The summed E-state index contributed by atoms with van der Waals surface area (Å²) in [7, 11) is 0. The average molecular weight is 158 g/mol. The van der Waals surface area contributed by atoms with Gasteiger partial charge in [0.15, 0.2) is 0 Å². The van der Waals surface area contributed by atoms with E-state index in [9.17, 15) is 0 Å². The summed E-state index contributed by atoms with van der Waals surface area (Å²) >= 11 is 0. The molecule has 0 fully saturated rings. The molecule has 0 saturated heterocycles. The van der Waals surface area contributed by atoms with Gasteiger partial charge in [-0.3, -0.25) is 0 Å². The van der Waals surface area contributed by atoms with Crippen LogP contribution in [0.2, 0.25) is 0 Å². The summed E-state index contributed by atoms with van der Waals surface area (Å²) in [5.74, 6) is -1.32. The van der Waals surface area contributed by atoms with Crippen LogP contribution < -0.4 is 0 Å². The minimum atomic E-state index is -1.32. The maximum absolute atomic E-state index is 8.79. The number of aliphatic hydroxyl groups is 2. The molecule has 0 atom stereocenters. The van der Waals surface area contributed by atoms with E-state index < -0.39 is 19.0 Å². The fraction of sp³-hybridized carbons (Fsp3) is 0.429. The highest BCUT2D eigenvalue weighted by atomic mass is 16.7. The summed E-state index contributed by atoms with van der Waals surface area (Å²) in [6.07, 6.45) is 5.92. The molecule has 4 heteroatoms. The molecule has 1 aliphatic rings. The van der Waals surface area contributed by atoms with Crippen molar-refractivity contribution in [3.8, 4) is 0 Å². The number of hydrogen-bond acceptors (Lipinski definition) is 4. The topological polar surface area (TPSA) is 58.9 Å². The van der Waals surface area contributed by atoms with Crippen molar-refractivity contribution in [1.82, 2.24) is 0 Å². The van der Waals surface area contributed by atoms with E-state index >= 15 is 0 Å². The van der Waals surface area contributed by atoms with Gasteiger partial charge in [0.05, 0.1) is 12.5 Å². The van der Waals surface area contributed by atoms with E-state index in [1.165, 1.54) is 12.5 Å². The molecule has 0 saturated carbocycles. The first-order valence-electron chi connectivity index (χ1n) is 3.22. The molecule has 0 spiro atoms. The van der Waals surface area contributed by atoms with Crippen molar-refractivity contribution < 1.29 is 19.7 Å². The summed E-state index contributed by atoms with van der Waals surface area (Å²) in [6, 6.07) is 0. The van der Waals surface area contributed by atoms with Gasteiger partial charge in [0.25, 0.3) is 5.79 Å². The monoisotopic (exact) mass is 158 g/mol. The second-order valence-corrected chi connectivity index (χ2v) is 2.12. The van der Waals surface area contributed by atoms with Gasteiger partial charge in [-0.15, -0.1) is 0 Å². The lowest BCUT2D eigenvalue weighted by Crippen LogP contribution is -2.40. The third kappa shape index (κ3) is 1.72. The molecule has 0 aliphatic carbocycles. The Bertz CT molecular complexity index is 153. The fourth-order valence-electron chi connectivity index (χ4n) is 0.644. The molecular weight excluding hydrogens is 148 g/mol. The maximum atomic E-state index is 8.79. The molecule has 0 aromatic carbocycles. The molecule has 11 heavy (non-hydrogen) atoms. The minimum Gasteiger partial charge on any atom is -0.456 e. The van der Waals surface area contributed by atoms with Gasteiger partial charge in [-0.1, -0.05) is 0 Å². The first-order valence-corrected chi connectivity index (χ1v) is 3.22. The van der Waals surface area contributed by atoms with Crippen molar-refractivity contribution in [1.29, 1.82) is 0 Å². The number of rotatable bonds is 2. The molecule has 1 rings (SSSR count). The minimum absolute atomic E-state index is 0.391. The predicted molar refractivity (Wildman–Crippen MR) is 37.4 cm³/mol. The van der Waals surface area contributed by atoms with Crippen molar-refractivity contribution in [3.63, 3.8) is 0 Å². The second-order valence-electron chi connectivity index (χ2n) is 2.12. The van der Waals surface area contributed by atoms with Crippen LogP contribution in [0.5, 0.6) is 0 Å². The lowest BCUT2D eigenvalue weighted by atomic mass is 10.3. The van der Waals surface area contributed by atoms with E-state index in [4.69, 9.17) is 19.7 Å². The summed E-state index contributed by atoms with van der Waals surface area (Å²) in [6.45, 7) is -0.781.